The highest BCUT2D eigenvalue weighted by atomic mass is 16.5. The molecule has 0 saturated heterocycles. The number of aromatic hydroxyl groups is 1. The van der Waals surface area contributed by atoms with E-state index in [2.05, 4.69) is 0 Å². The predicted molar refractivity (Wildman–Crippen MR) is 79.7 cm³/mol. The van der Waals surface area contributed by atoms with Gasteiger partial charge in [0, 0.05) is 0 Å². The maximum absolute atomic E-state index is 12.1. The zero-order valence-electron chi connectivity index (χ0n) is 12.2. The lowest BCUT2D eigenvalue weighted by Crippen LogP contribution is -2.17. The Bertz CT molecular complexity index is 554. The summed E-state index contributed by atoms with van der Waals surface area (Å²) in [4.78, 5) is 23.7. The van der Waals surface area contributed by atoms with Gasteiger partial charge in [-0.2, -0.15) is 0 Å². The standard InChI is InChI=1S/C17H20O4/c1-12(18)16(10-14-7-4-8-15(19)9-14)17(20)21-11-13-5-2-3-6-13/h4,7-10,13,19H,2-3,5-6,11H2,1H3/b16-10-. The molecule has 4 heteroatoms. The number of ketones is 1. The van der Waals surface area contributed by atoms with Gasteiger partial charge in [0.1, 0.15) is 11.3 Å². The van der Waals surface area contributed by atoms with Crippen LogP contribution in [0, 0.1) is 5.92 Å². The van der Waals surface area contributed by atoms with Crippen LogP contribution in [0.3, 0.4) is 0 Å². The Morgan fingerprint density at radius 3 is 2.67 bits per heavy atom. The molecule has 1 aromatic rings. The first-order valence-corrected chi connectivity index (χ1v) is 7.25. The molecule has 1 aromatic carbocycles. The highest BCUT2D eigenvalue weighted by Gasteiger charge is 2.20. The molecule has 2 rings (SSSR count). The van der Waals surface area contributed by atoms with E-state index >= 15 is 0 Å². The third kappa shape index (κ3) is 4.45. The van der Waals surface area contributed by atoms with Crippen molar-refractivity contribution in [1.29, 1.82) is 0 Å². The number of hydrogen-bond acceptors (Lipinski definition) is 4. The number of benzene rings is 1. The van der Waals surface area contributed by atoms with Crippen LogP contribution in [-0.4, -0.2) is 23.5 Å². The molecule has 4 nitrogen and oxygen atoms in total. The molecule has 1 fully saturated rings. The molecule has 0 aliphatic heterocycles. The molecule has 0 bridgehead atoms. The van der Waals surface area contributed by atoms with Crippen molar-refractivity contribution in [2.24, 2.45) is 5.92 Å². The van der Waals surface area contributed by atoms with E-state index in [4.69, 9.17) is 4.74 Å². The maximum atomic E-state index is 12.1. The SMILES string of the molecule is CC(=O)/C(=C/c1cccc(O)c1)C(=O)OCC1CCCC1. The van der Waals surface area contributed by atoms with E-state index in [-0.39, 0.29) is 17.1 Å². The molecule has 0 radical (unpaired) electrons. The molecule has 0 amide bonds. The van der Waals surface area contributed by atoms with Crippen molar-refractivity contribution >= 4 is 17.8 Å². The summed E-state index contributed by atoms with van der Waals surface area (Å²) < 4.78 is 5.26. The summed E-state index contributed by atoms with van der Waals surface area (Å²) in [6.07, 6.45) is 5.98. The molecule has 1 aliphatic rings. The first-order chi connectivity index (χ1) is 10.1. The Labute approximate surface area is 124 Å². The lowest BCUT2D eigenvalue weighted by atomic mass is 10.1. The van der Waals surface area contributed by atoms with Gasteiger partial charge in [-0.15, -0.1) is 0 Å². The van der Waals surface area contributed by atoms with E-state index in [1.807, 2.05) is 0 Å². The van der Waals surface area contributed by atoms with Crippen molar-refractivity contribution in [3.8, 4) is 5.75 Å². The number of ether oxygens (including phenoxy) is 1. The van der Waals surface area contributed by atoms with Crippen molar-refractivity contribution in [3.05, 3.63) is 35.4 Å². The lowest BCUT2D eigenvalue weighted by molar-refractivity contribution is -0.141. The summed E-state index contributed by atoms with van der Waals surface area (Å²) in [5.74, 6) is -0.415. The average molecular weight is 288 g/mol. The number of Topliss-reactive ketones (excluding diaryl/α,β-unsaturated/α-hetero) is 1. The number of phenolic OH excluding ortho intramolecular Hbond substituents is 1. The fourth-order valence-corrected chi connectivity index (χ4v) is 2.53. The van der Waals surface area contributed by atoms with E-state index in [1.165, 1.54) is 38.0 Å². The molecule has 0 spiro atoms. The predicted octanol–water partition coefficient (Wildman–Crippen LogP) is 3.10. The minimum atomic E-state index is -0.585. The van der Waals surface area contributed by atoms with Crippen molar-refractivity contribution in [1.82, 2.24) is 0 Å². The van der Waals surface area contributed by atoms with Gasteiger partial charge in [-0.1, -0.05) is 25.0 Å². The number of rotatable bonds is 5. The van der Waals surface area contributed by atoms with Gasteiger partial charge in [0.25, 0.3) is 0 Å². The van der Waals surface area contributed by atoms with Gasteiger partial charge in [-0.3, -0.25) is 4.79 Å². The van der Waals surface area contributed by atoms with Crippen LogP contribution in [0.25, 0.3) is 6.08 Å². The maximum Gasteiger partial charge on any atom is 0.341 e. The van der Waals surface area contributed by atoms with Crippen LogP contribution in [0.4, 0.5) is 0 Å². The number of carbonyl (C=O) groups excluding carboxylic acids is 2. The normalized spacial score (nSPS) is 16.0. The zero-order valence-corrected chi connectivity index (χ0v) is 12.2. The largest absolute Gasteiger partial charge is 0.508 e. The third-order valence-corrected chi connectivity index (χ3v) is 3.71. The van der Waals surface area contributed by atoms with Crippen LogP contribution in [-0.2, 0) is 14.3 Å². The highest BCUT2D eigenvalue weighted by Crippen LogP contribution is 2.25. The highest BCUT2D eigenvalue weighted by molar-refractivity contribution is 6.19. The van der Waals surface area contributed by atoms with Crippen molar-refractivity contribution in [3.63, 3.8) is 0 Å². The molecule has 0 heterocycles. The number of hydrogen-bond donors (Lipinski definition) is 1. The number of carbonyl (C=O) groups is 2. The molecule has 1 N–H and O–H groups in total. The monoisotopic (exact) mass is 288 g/mol. The van der Waals surface area contributed by atoms with Gasteiger partial charge in [-0.25, -0.2) is 4.79 Å². The Kier molecular flexibility index (Phi) is 5.14. The third-order valence-electron chi connectivity index (χ3n) is 3.71. The van der Waals surface area contributed by atoms with Crippen molar-refractivity contribution in [2.45, 2.75) is 32.6 Å². The van der Waals surface area contributed by atoms with E-state index in [9.17, 15) is 14.7 Å². The first kappa shape index (κ1) is 15.3. The Balaban J connectivity index is 2.06. The second-order valence-electron chi connectivity index (χ2n) is 5.46. The van der Waals surface area contributed by atoms with Crippen LogP contribution in [0.1, 0.15) is 38.2 Å². The fraction of sp³-hybridized carbons (Fsp3) is 0.412. The van der Waals surface area contributed by atoms with Crippen molar-refractivity contribution in [2.75, 3.05) is 6.61 Å². The number of esters is 1. The molecular weight excluding hydrogens is 268 g/mol. The Morgan fingerprint density at radius 1 is 1.33 bits per heavy atom. The van der Waals surface area contributed by atoms with E-state index in [0.29, 0.717) is 18.1 Å². The summed E-state index contributed by atoms with van der Waals surface area (Å²) in [6.45, 7) is 1.72. The first-order valence-electron chi connectivity index (χ1n) is 7.25. The summed E-state index contributed by atoms with van der Waals surface area (Å²) in [5, 5.41) is 9.42. The van der Waals surface area contributed by atoms with Crippen LogP contribution in [0.5, 0.6) is 5.75 Å². The Morgan fingerprint density at radius 2 is 2.05 bits per heavy atom. The summed E-state index contributed by atoms with van der Waals surface area (Å²) in [5.41, 5.74) is 0.608. The Hall–Kier alpha value is -2.10. The van der Waals surface area contributed by atoms with Crippen LogP contribution in [0.2, 0.25) is 0 Å². The van der Waals surface area contributed by atoms with Crippen LogP contribution < -0.4 is 0 Å². The summed E-state index contributed by atoms with van der Waals surface area (Å²) in [7, 11) is 0. The zero-order chi connectivity index (χ0) is 15.2. The minimum absolute atomic E-state index is 0.0126. The van der Waals surface area contributed by atoms with Gasteiger partial charge in [-0.05, 0) is 49.5 Å². The van der Waals surface area contributed by atoms with E-state index in [0.717, 1.165) is 12.8 Å². The molecule has 1 saturated carbocycles. The number of phenols is 1. The minimum Gasteiger partial charge on any atom is -0.508 e. The van der Waals surface area contributed by atoms with Gasteiger partial charge in [0.15, 0.2) is 5.78 Å². The van der Waals surface area contributed by atoms with Gasteiger partial charge in [0.2, 0.25) is 0 Å². The lowest BCUT2D eigenvalue weighted by Gasteiger charge is -2.10. The topological polar surface area (TPSA) is 63.6 Å². The molecule has 21 heavy (non-hydrogen) atoms. The van der Waals surface area contributed by atoms with Gasteiger partial charge in [0.05, 0.1) is 6.61 Å². The second kappa shape index (κ2) is 7.07. The molecule has 0 aromatic heterocycles. The van der Waals surface area contributed by atoms with Gasteiger partial charge >= 0.3 is 5.97 Å². The molecule has 0 atom stereocenters. The molecule has 1 aliphatic carbocycles. The van der Waals surface area contributed by atoms with E-state index < -0.39 is 5.97 Å². The molecule has 0 unspecified atom stereocenters. The smallest absolute Gasteiger partial charge is 0.341 e. The summed E-state index contributed by atoms with van der Waals surface area (Å²) in [6, 6.07) is 6.39. The fourth-order valence-electron chi connectivity index (χ4n) is 2.53. The van der Waals surface area contributed by atoms with Crippen molar-refractivity contribution < 1.29 is 19.4 Å². The van der Waals surface area contributed by atoms with E-state index in [1.54, 1.807) is 12.1 Å². The average Bonchev–Trinajstić information content (AvgIpc) is 2.95. The quantitative estimate of drug-likeness (QED) is 0.391. The molecular formula is C17H20O4. The van der Waals surface area contributed by atoms with Gasteiger partial charge < -0.3 is 9.84 Å². The second-order valence-corrected chi connectivity index (χ2v) is 5.46. The van der Waals surface area contributed by atoms with Crippen LogP contribution in [0.15, 0.2) is 29.8 Å². The summed E-state index contributed by atoms with van der Waals surface area (Å²) >= 11 is 0. The molecule has 112 valence electrons. The van der Waals surface area contributed by atoms with Crippen LogP contribution >= 0.6 is 0 Å².